The maximum absolute atomic E-state index is 4.76. The van der Waals surface area contributed by atoms with E-state index in [0.717, 1.165) is 28.2 Å². The third kappa shape index (κ3) is 2.82. The van der Waals surface area contributed by atoms with Gasteiger partial charge in [0.2, 0.25) is 0 Å². The van der Waals surface area contributed by atoms with Gasteiger partial charge >= 0.3 is 0 Å². The fraction of sp³-hybridized carbons (Fsp3) is 0.167. The Morgan fingerprint density at radius 2 is 1.52 bits per heavy atom. The van der Waals surface area contributed by atoms with Crippen LogP contribution in [0.25, 0.3) is 22.8 Å². The van der Waals surface area contributed by atoms with Crippen molar-refractivity contribution in [3.05, 3.63) is 65.5 Å². The average Bonchev–Trinajstić information content (AvgIpc) is 2.49. The summed E-state index contributed by atoms with van der Waals surface area (Å²) in [6.45, 7) is 6.08. The van der Waals surface area contributed by atoms with E-state index in [4.69, 9.17) is 4.98 Å². The van der Waals surface area contributed by atoms with Gasteiger partial charge in [-0.05, 0) is 38.5 Å². The summed E-state index contributed by atoms with van der Waals surface area (Å²) in [5, 5.41) is 0. The smallest absolute Gasteiger partial charge is 0.178 e. The quantitative estimate of drug-likeness (QED) is 0.705. The Labute approximate surface area is 124 Å². The first-order chi connectivity index (χ1) is 10.1. The normalized spacial score (nSPS) is 10.6. The summed E-state index contributed by atoms with van der Waals surface area (Å²) in [6, 6.07) is 14.4. The first-order valence-electron chi connectivity index (χ1n) is 6.98. The molecule has 0 amide bonds. The second-order valence-electron chi connectivity index (χ2n) is 5.25. The van der Waals surface area contributed by atoms with E-state index < -0.39 is 0 Å². The molecule has 0 saturated heterocycles. The molecule has 3 nitrogen and oxygen atoms in total. The molecular weight excluding hydrogens is 258 g/mol. The molecule has 0 saturated carbocycles. The van der Waals surface area contributed by atoms with E-state index in [0.29, 0.717) is 5.82 Å². The lowest BCUT2D eigenvalue weighted by molar-refractivity contribution is 1.08. The van der Waals surface area contributed by atoms with Crippen molar-refractivity contribution < 1.29 is 0 Å². The monoisotopic (exact) mass is 275 g/mol. The van der Waals surface area contributed by atoms with Gasteiger partial charge < -0.3 is 0 Å². The minimum absolute atomic E-state index is 0.682. The number of pyridine rings is 1. The maximum Gasteiger partial charge on any atom is 0.178 e. The molecule has 0 aliphatic rings. The van der Waals surface area contributed by atoms with Crippen molar-refractivity contribution in [2.75, 3.05) is 0 Å². The highest BCUT2D eigenvalue weighted by Crippen LogP contribution is 2.23. The van der Waals surface area contributed by atoms with Crippen molar-refractivity contribution in [2.45, 2.75) is 20.8 Å². The lowest BCUT2D eigenvalue weighted by Crippen LogP contribution is -1.97. The zero-order chi connectivity index (χ0) is 14.8. The highest BCUT2D eigenvalue weighted by atomic mass is 14.9. The van der Waals surface area contributed by atoms with E-state index in [-0.39, 0.29) is 0 Å². The van der Waals surface area contributed by atoms with Crippen LogP contribution in [0.5, 0.6) is 0 Å². The minimum atomic E-state index is 0.682. The SMILES string of the molecule is Cc1ccc(-c2ccc(C)c(-c3nccc(C)n3)n2)cc1. The molecule has 0 aliphatic carbocycles. The number of benzene rings is 1. The molecule has 0 N–H and O–H groups in total. The Balaban J connectivity index is 2.10. The first-order valence-corrected chi connectivity index (χ1v) is 6.98. The lowest BCUT2D eigenvalue weighted by Gasteiger charge is -2.08. The molecule has 2 heterocycles. The number of rotatable bonds is 2. The van der Waals surface area contributed by atoms with Crippen LogP contribution >= 0.6 is 0 Å². The second-order valence-corrected chi connectivity index (χ2v) is 5.25. The van der Waals surface area contributed by atoms with E-state index in [9.17, 15) is 0 Å². The summed E-state index contributed by atoms with van der Waals surface area (Å²) in [4.78, 5) is 13.6. The molecule has 21 heavy (non-hydrogen) atoms. The standard InChI is InChI=1S/C18H17N3/c1-12-4-7-15(8-5-12)16-9-6-13(2)17(21-16)18-19-11-10-14(3)20-18/h4-11H,1-3H3. The summed E-state index contributed by atoms with van der Waals surface area (Å²) in [5.41, 5.74) is 6.17. The van der Waals surface area contributed by atoms with Gasteiger partial charge in [-0.15, -0.1) is 0 Å². The van der Waals surface area contributed by atoms with Crippen molar-refractivity contribution in [3.8, 4) is 22.8 Å². The topological polar surface area (TPSA) is 38.7 Å². The largest absolute Gasteiger partial charge is 0.244 e. The number of hydrogen-bond acceptors (Lipinski definition) is 3. The Morgan fingerprint density at radius 3 is 2.24 bits per heavy atom. The maximum atomic E-state index is 4.76. The molecular formula is C18H17N3. The molecule has 0 fully saturated rings. The van der Waals surface area contributed by atoms with Crippen LogP contribution in [0.2, 0.25) is 0 Å². The van der Waals surface area contributed by atoms with Gasteiger partial charge in [0.25, 0.3) is 0 Å². The Hall–Kier alpha value is -2.55. The highest BCUT2D eigenvalue weighted by Gasteiger charge is 2.09. The molecule has 1 aromatic carbocycles. The van der Waals surface area contributed by atoms with Crippen LogP contribution < -0.4 is 0 Å². The number of aryl methyl sites for hydroxylation is 3. The van der Waals surface area contributed by atoms with Crippen molar-refractivity contribution in [2.24, 2.45) is 0 Å². The fourth-order valence-electron chi connectivity index (χ4n) is 2.20. The summed E-state index contributed by atoms with van der Waals surface area (Å²) >= 11 is 0. The fourth-order valence-corrected chi connectivity index (χ4v) is 2.20. The number of aromatic nitrogens is 3. The highest BCUT2D eigenvalue weighted by molar-refractivity contribution is 5.65. The molecule has 0 spiro atoms. The van der Waals surface area contributed by atoms with Crippen LogP contribution in [0.15, 0.2) is 48.7 Å². The molecule has 0 radical (unpaired) electrons. The first kappa shape index (κ1) is 13.4. The predicted molar refractivity (Wildman–Crippen MR) is 84.9 cm³/mol. The van der Waals surface area contributed by atoms with E-state index in [1.807, 2.05) is 26.0 Å². The van der Waals surface area contributed by atoms with Crippen LogP contribution in [0.4, 0.5) is 0 Å². The summed E-state index contributed by atoms with van der Waals surface area (Å²) < 4.78 is 0. The third-order valence-electron chi connectivity index (χ3n) is 3.45. The number of nitrogens with zero attached hydrogens (tertiary/aromatic N) is 3. The van der Waals surface area contributed by atoms with Gasteiger partial charge in [0.15, 0.2) is 5.82 Å². The predicted octanol–water partition coefficient (Wildman–Crippen LogP) is 4.13. The molecule has 0 bridgehead atoms. The van der Waals surface area contributed by atoms with E-state index in [2.05, 4.69) is 47.2 Å². The molecule has 3 aromatic rings. The zero-order valence-electron chi connectivity index (χ0n) is 12.5. The zero-order valence-corrected chi connectivity index (χ0v) is 12.5. The van der Waals surface area contributed by atoms with Crippen molar-refractivity contribution in [1.82, 2.24) is 15.0 Å². The average molecular weight is 275 g/mol. The van der Waals surface area contributed by atoms with Gasteiger partial charge in [-0.1, -0.05) is 35.9 Å². The van der Waals surface area contributed by atoms with E-state index in [1.54, 1.807) is 6.20 Å². The van der Waals surface area contributed by atoms with Crippen molar-refractivity contribution in [3.63, 3.8) is 0 Å². The van der Waals surface area contributed by atoms with Gasteiger partial charge in [-0.25, -0.2) is 15.0 Å². The van der Waals surface area contributed by atoms with Crippen LogP contribution in [-0.4, -0.2) is 15.0 Å². The molecule has 2 aromatic heterocycles. The summed E-state index contributed by atoms with van der Waals surface area (Å²) in [6.07, 6.45) is 1.78. The molecule has 3 rings (SSSR count). The van der Waals surface area contributed by atoms with Gasteiger partial charge in [-0.3, -0.25) is 0 Å². The molecule has 0 aliphatic heterocycles. The summed E-state index contributed by atoms with van der Waals surface area (Å²) in [7, 11) is 0. The lowest BCUT2D eigenvalue weighted by atomic mass is 10.1. The molecule has 0 atom stereocenters. The summed E-state index contributed by atoms with van der Waals surface area (Å²) in [5.74, 6) is 0.682. The van der Waals surface area contributed by atoms with E-state index in [1.165, 1.54) is 5.56 Å². The Kier molecular flexibility index (Phi) is 3.48. The van der Waals surface area contributed by atoms with Crippen LogP contribution in [0.1, 0.15) is 16.8 Å². The third-order valence-corrected chi connectivity index (χ3v) is 3.45. The van der Waals surface area contributed by atoms with E-state index >= 15 is 0 Å². The van der Waals surface area contributed by atoms with Crippen LogP contribution in [0.3, 0.4) is 0 Å². The van der Waals surface area contributed by atoms with Gasteiger partial charge in [0, 0.05) is 17.5 Å². The van der Waals surface area contributed by atoms with Crippen molar-refractivity contribution in [1.29, 1.82) is 0 Å². The molecule has 0 unspecified atom stereocenters. The van der Waals surface area contributed by atoms with Gasteiger partial charge in [0.1, 0.15) is 5.69 Å². The minimum Gasteiger partial charge on any atom is -0.244 e. The molecule has 3 heteroatoms. The van der Waals surface area contributed by atoms with Gasteiger partial charge in [-0.2, -0.15) is 0 Å². The Morgan fingerprint density at radius 1 is 0.762 bits per heavy atom. The number of hydrogen-bond donors (Lipinski definition) is 0. The molecule has 104 valence electrons. The second kappa shape index (κ2) is 5.44. The van der Waals surface area contributed by atoms with Crippen molar-refractivity contribution >= 4 is 0 Å². The van der Waals surface area contributed by atoms with Gasteiger partial charge in [0.05, 0.1) is 5.69 Å². The van der Waals surface area contributed by atoms with Crippen LogP contribution in [0, 0.1) is 20.8 Å². The Bertz CT molecular complexity index is 777. The van der Waals surface area contributed by atoms with Crippen LogP contribution in [-0.2, 0) is 0 Å².